The van der Waals surface area contributed by atoms with Crippen molar-refractivity contribution < 1.29 is 14.7 Å². The van der Waals surface area contributed by atoms with E-state index in [1.165, 1.54) is 16.2 Å². The summed E-state index contributed by atoms with van der Waals surface area (Å²) < 4.78 is 0. The van der Waals surface area contributed by atoms with E-state index in [4.69, 9.17) is 0 Å². The van der Waals surface area contributed by atoms with E-state index in [0.717, 1.165) is 23.0 Å². The summed E-state index contributed by atoms with van der Waals surface area (Å²) in [6.45, 7) is 3.80. The highest BCUT2D eigenvalue weighted by molar-refractivity contribution is 7.15. The lowest BCUT2D eigenvalue weighted by Gasteiger charge is -2.26. The Morgan fingerprint density at radius 2 is 2.08 bits per heavy atom. The number of aliphatic carboxylic acids is 1. The van der Waals surface area contributed by atoms with Gasteiger partial charge < -0.3 is 19.8 Å². The first-order valence-electron chi connectivity index (χ1n) is 8.14. The Labute approximate surface area is 145 Å². The first-order valence-corrected chi connectivity index (χ1v) is 8.96. The molecule has 9 heteroatoms. The minimum Gasteiger partial charge on any atom is -0.481 e. The number of likely N-dealkylation sites (tertiary alicyclic amines) is 1. The average molecular weight is 353 g/mol. The van der Waals surface area contributed by atoms with Crippen LogP contribution in [0.25, 0.3) is 0 Å². The molecule has 0 aromatic carbocycles. The van der Waals surface area contributed by atoms with Crippen LogP contribution in [0.3, 0.4) is 0 Å². The number of carbonyl (C=O) groups excluding carboxylic acids is 1. The number of urea groups is 1. The van der Waals surface area contributed by atoms with E-state index in [1.54, 1.807) is 19.0 Å². The molecule has 2 atom stereocenters. The van der Waals surface area contributed by atoms with Gasteiger partial charge in [-0.05, 0) is 6.42 Å². The predicted molar refractivity (Wildman–Crippen MR) is 90.3 cm³/mol. The molecule has 2 amide bonds. The number of rotatable bonds is 4. The minimum absolute atomic E-state index is 0.0857. The molecule has 1 aromatic heterocycles. The Hall–Kier alpha value is -1.90. The van der Waals surface area contributed by atoms with Crippen molar-refractivity contribution in [3.8, 4) is 0 Å². The van der Waals surface area contributed by atoms with Crippen LogP contribution < -0.4 is 4.90 Å². The van der Waals surface area contributed by atoms with E-state index < -0.39 is 11.4 Å². The molecule has 1 N–H and O–H groups in total. The van der Waals surface area contributed by atoms with Gasteiger partial charge in [-0.25, -0.2) is 4.79 Å². The summed E-state index contributed by atoms with van der Waals surface area (Å²) in [5.41, 5.74) is -0.914. The monoisotopic (exact) mass is 353 g/mol. The maximum Gasteiger partial charge on any atom is 0.319 e. The number of carboxylic acids is 1. The quantitative estimate of drug-likeness (QED) is 0.868. The highest BCUT2D eigenvalue weighted by Gasteiger charge is 2.59. The van der Waals surface area contributed by atoms with Crippen molar-refractivity contribution in [2.45, 2.75) is 19.8 Å². The number of hydrogen-bond acceptors (Lipinski definition) is 6. The summed E-state index contributed by atoms with van der Waals surface area (Å²) in [4.78, 5) is 29.4. The van der Waals surface area contributed by atoms with E-state index in [1.807, 2.05) is 4.90 Å². The fraction of sp³-hybridized carbons (Fsp3) is 0.733. The lowest BCUT2D eigenvalue weighted by Crippen LogP contribution is -2.44. The molecule has 2 fully saturated rings. The second-order valence-electron chi connectivity index (χ2n) is 6.82. The zero-order valence-corrected chi connectivity index (χ0v) is 15.0. The van der Waals surface area contributed by atoms with Crippen LogP contribution in [0.1, 0.15) is 18.4 Å². The number of carbonyl (C=O) groups is 2. The summed E-state index contributed by atoms with van der Waals surface area (Å²) in [5, 5.41) is 20.0. The molecular formula is C15H23N5O3S. The topological polar surface area (TPSA) is 89.9 Å². The molecule has 0 bridgehead atoms. The van der Waals surface area contributed by atoms with Crippen LogP contribution in [0.2, 0.25) is 0 Å². The Bertz CT molecular complexity index is 649. The van der Waals surface area contributed by atoms with Gasteiger partial charge in [0.05, 0.1) is 0 Å². The molecule has 2 aliphatic rings. The number of aryl methyl sites for hydroxylation is 1. The summed E-state index contributed by atoms with van der Waals surface area (Å²) in [6, 6.07) is -0.127. The fourth-order valence-corrected chi connectivity index (χ4v) is 4.58. The van der Waals surface area contributed by atoms with Gasteiger partial charge in [-0.2, -0.15) is 0 Å². The number of fused-ring (bicyclic) bond motifs is 1. The van der Waals surface area contributed by atoms with Gasteiger partial charge in [-0.1, -0.05) is 18.3 Å². The Balaban J connectivity index is 1.78. The maximum absolute atomic E-state index is 12.2. The third kappa shape index (κ3) is 2.70. The molecule has 0 saturated carbocycles. The molecule has 0 spiro atoms. The summed E-state index contributed by atoms with van der Waals surface area (Å²) in [6.07, 6.45) is 1.90. The number of anilines is 1. The standard InChI is InChI=1S/C15H23N5O3S/c1-4-5-11-16-17-13(24-11)19-6-10-7-20(14(23)18(2)3)9-15(10,8-19)12(21)22/h10H,4-9H2,1-3H3,(H,21,22)/t10-,15-/m0/s1. The van der Waals surface area contributed by atoms with Crippen molar-refractivity contribution in [3.63, 3.8) is 0 Å². The number of hydrogen-bond donors (Lipinski definition) is 1. The Kier molecular flexibility index (Phi) is 4.37. The van der Waals surface area contributed by atoms with E-state index in [9.17, 15) is 14.7 Å². The third-order valence-corrected chi connectivity index (χ3v) is 5.92. The van der Waals surface area contributed by atoms with Gasteiger partial charge in [-0.15, -0.1) is 10.2 Å². The van der Waals surface area contributed by atoms with Crippen LogP contribution in [0, 0.1) is 11.3 Å². The minimum atomic E-state index is -0.914. The Morgan fingerprint density at radius 1 is 1.33 bits per heavy atom. The average Bonchev–Trinajstić information content (AvgIpc) is 3.18. The smallest absolute Gasteiger partial charge is 0.319 e. The fourth-order valence-electron chi connectivity index (χ4n) is 3.63. The zero-order valence-electron chi connectivity index (χ0n) is 14.2. The number of nitrogens with zero attached hydrogens (tertiary/aromatic N) is 5. The largest absolute Gasteiger partial charge is 0.481 e. The third-order valence-electron chi connectivity index (χ3n) is 4.88. The van der Waals surface area contributed by atoms with Crippen LogP contribution >= 0.6 is 11.3 Å². The first kappa shape index (κ1) is 16.9. The van der Waals surface area contributed by atoms with Crippen LogP contribution in [0.5, 0.6) is 0 Å². The van der Waals surface area contributed by atoms with Crippen LogP contribution in [0.4, 0.5) is 9.93 Å². The predicted octanol–water partition coefficient (Wildman–Crippen LogP) is 0.995. The van der Waals surface area contributed by atoms with Gasteiger partial charge in [0.25, 0.3) is 0 Å². The van der Waals surface area contributed by atoms with Gasteiger partial charge in [-0.3, -0.25) is 4.79 Å². The lowest BCUT2D eigenvalue weighted by molar-refractivity contribution is -0.148. The number of amides is 2. The van der Waals surface area contributed by atoms with Crippen LogP contribution in [-0.2, 0) is 11.2 Å². The SMILES string of the molecule is CCCc1nnc(N2C[C@H]3CN(C(=O)N(C)C)C[C@@]3(C(=O)O)C2)s1. The molecule has 2 aliphatic heterocycles. The van der Waals surface area contributed by atoms with Gasteiger partial charge in [0.1, 0.15) is 10.4 Å². The summed E-state index contributed by atoms with van der Waals surface area (Å²) in [7, 11) is 3.37. The normalized spacial score (nSPS) is 25.9. The van der Waals surface area contributed by atoms with E-state index in [0.29, 0.717) is 19.6 Å². The molecule has 132 valence electrons. The van der Waals surface area contributed by atoms with Gasteiger partial charge >= 0.3 is 12.0 Å². The maximum atomic E-state index is 12.2. The van der Waals surface area contributed by atoms with Gasteiger partial charge in [0.15, 0.2) is 0 Å². The second-order valence-corrected chi connectivity index (χ2v) is 7.87. The number of carboxylic acid groups (broad SMARTS) is 1. The molecule has 1 aromatic rings. The van der Waals surface area contributed by atoms with E-state index in [2.05, 4.69) is 17.1 Å². The van der Waals surface area contributed by atoms with Gasteiger partial charge in [0.2, 0.25) is 5.13 Å². The van der Waals surface area contributed by atoms with Crippen molar-refractivity contribution in [1.29, 1.82) is 0 Å². The summed E-state index contributed by atoms with van der Waals surface area (Å²) >= 11 is 1.54. The van der Waals surface area contributed by atoms with Crippen molar-refractivity contribution in [2.24, 2.45) is 11.3 Å². The Morgan fingerprint density at radius 3 is 2.67 bits per heavy atom. The van der Waals surface area contributed by atoms with Gasteiger partial charge in [0, 0.05) is 52.6 Å². The van der Waals surface area contributed by atoms with Crippen molar-refractivity contribution in [2.75, 3.05) is 45.2 Å². The lowest BCUT2D eigenvalue weighted by atomic mass is 9.81. The van der Waals surface area contributed by atoms with Crippen molar-refractivity contribution >= 4 is 28.5 Å². The number of aromatic nitrogens is 2. The molecule has 2 saturated heterocycles. The molecule has 8 nitrogen and oxygen atoms in total. The van der Waals surface area contributed by atoms with Crippen LogP contribution in [0.15, 0.2) is 0 Å². The molecule has 0 aliphatic carbocycles. The highest BCUT2D eigenvalue weighted by atomic mass is 32.1. The van der Waals surface area contributed by atoms with Crippen molar-refractivity contribution in [1.82, 2.24) is 20.0 Å². The second kappa shape index (κ2) is 6.19. The molecule has 3 heterocycles. The van der Waals surface area contributed by atoms with E-state index in [-0.39, 0.29) is 18.5 Å². The molecule has 0 radical (unpaired) electrons. The summed E-state index contributed by atoms with van der Waals surface area (Å²) in [5.74, 6) is -0.917. The molecular weight excluding hydrogens is 330 g/mol. The molecule has 0 unspecified atom stereocenters. The zero-order chi connectivity index (χ0) is 17.5. The van der Waals surface area contributed by atoms with E-state index >= 15 is 0 Å². The highest BCUT2D eigenvalue weighted by Crippen LogP contribution is 2.45. The first-order chi connectivity index (χ1) is 11.4. The van der Waals surface area contributed by atoms with Crippen molar-refractivity contribution in [3.05, 3.63) is 5.01 Å². The molecule has 3 rings (SSSR count). The van der Waals surface area contributed by atoms with Crippen LogP contribution in [-0.4, -0.2) is 77.4 Å². The molecule has 24 heavy (non-hydrogen) atoms.